The van der Waals surface area contributed by atoms with Crippen molar-refractivity contribution in [3.63, 3.8) is 0 Å². The van der Waals surface area contributed by atoms with E-state index in [1.54, 1.807) is 0 Å². The molecule has 0 aromatic heterocycles. The van der Waals surface area contributed by atoms with Gasteiger partial charge >= 0.3 is 17.9 Å². The lowest BCUT2D eigenvalue weighted by Gasteiger charge is -2.18. The third-order valence-electron chi connectivity index (χ3n) is 12.9. The van der Waals surface area contributed by atoms with Gasteiger partial charge in [0.1, 0.15) is 13.2 Å². The van der Waals surface area contributed by atoms with Crippen LogP contribution in [0.3, 0.4) is 0 Å². The van der Waals surface area contributed by atoms with Gasteiger partial charge in [-0.1, -0.05) is 264 Å². The molecule has 0 heterocycles. The van der Waals surface area contributed by atoms with E-state index in [2.05, 4.69) is 154 Å². The first-order valence-electron chi connectivity index (χ1n) is 31.2. The highest BCUT2D eigenvalue weighted by molar-refractivity contribution is 5.71. The van der Waals surface area contributed by atoms with Crippen molar-refractivity contribution in [1.82, 2.24) is 0 Å². The van der Waals surface area contributed by atoms with E-state index in [-0.39, 0.29) is 31.1 Å². The van der Waals surface area contributed by atoms with Gasteiger partial charge in [0.05, 0.1) is 0 Å². The van der Waals surface area contributed by atoms with Crippen molar-refractivity contribution < 1.29 is 28.6 Å². The van der Waals surface area contributed by atoms with Crippen LogP contribution >= 0.6 is 0 Å². The Labute approximate surface area is 468 Å². The molecule has 0 rings (SSSR count). The summed E-state index contributed by atoms with van der Waals surface area (Å²) >= 11 is 0. The highest BCUT2D eigenvalue weighted by Crippen LogP contribution is 2.14. The molecular weight excluding hydrogens is 937 g/mol. The SMILES string of the molecule is CC/C=C\C/C=C\C/C=C\C/C=C\C/C=C\C/C=C\C/C=C\C/C=C\C/C=C\CCCCCCCC(=O)OCC(COC(=O)CCCCCCCCCC)OC(=O)CCCCCCCCC/C=C\C/C=C\CCCCC. The van der Waals surface area contributed by atoms with E-state index in [1.807, 2.05) is 0 Å². The first-order valence-corrected chi connectivity index (χ1v) is 31.2. The van der Waals surface area contributed by atoms with Crippen LogP contribution in [0.2, 0.25) is 0 Å². The van der Waals surface area contributed by atoms with E-state index in [9.17, 15) is 14.4 Å². The minimum absolute atomic E-state index is 0.0891. The van der Waals surface area contributed by atoms with E-state index in [4.69, 9.17) is 14.2 Å². The van der Waals surface area contributed by atoms with Gasteiger partial charge in [-0.25, -0.2) is 0 Å². The van der Waals surface area contributed by atoms with Gasteiger partial charge in [-0.05, 0) is 122 Å². The van der Waals surface area contributed by atoms with Crippen LogP contribution in [0.5, 0.6) is 0 Å². The Morgan fingerprint density at radius 1 is 0.276 bits per heavy atom. The Kier molecular flexibility index (Phi) is 59.4. The largest absolute Gasteiger partial charge is 0.462 e. The quantitative estimate of drug-likeness (QED) is 0.0261. The first-order chi connectivity index (χ1) is 37.5. The molecule has 0 saturated heterocycles. The Hall–Kier alpha value is -4.45. The van der Waals surface area contributed by atoms with Gasteiger partial charge in [0.25, 0.3) is 0 Å². The summed E-state index contributed by atoms with van der Waals surface area (Å²) in [6, 6.07) is 0. The van der Waals surface area contributed by atoms with Gasteiger partial charge in [0.2, 0.25) is 0 Å². The third-order valence-corrected chi connectivity index (χ3v) is 12.9. The number of hydrogen-bond donors (Lipinski definition) is 0. The van der Waals surface area contributed by atoms with Crippen LogP contribution in [0.1, 0.15) is 271 Å². The number of allylic oxidation sites excluding steroid dienone is 22. The van der Waals surface area contributed by atoms with Gasteiger partial charge in [-0.15, -0.1) is 0 Å². The number of unbranched alkanes of at least 4 members (excludes halogenated alkanes) is 22. The Morgan fingerprint density at radius 2 is 0.513 bits per heavy atom. The fraction of sp³-hybridized carbons (Fsp3) is 0.643. The second-order valence-corrected chi connectivity index (χ2v) is 20.2. The zero-order valence-corrected chi connectivity index (χ0v) is 49.2. The maximum Gasteiger partial charge on any atom is 0.306 e. The zero-order chi connectivity index (χ0) is 55.0. The molecule has 430 valence electrons. The van der Waals surface area contributed by atoms with Gasteiger partial charge in [0, 0.05) is 19.3 Å². The second-order valence-electron chi connectivity index (χ2n) is 20.2. The minimum Gasteiger partial charge on any atom is -0.462 e. The number of ether oxygens (including phenoxy) is 3. The number of carbonyl (C=O) groups excluding carboxylic acids is 3. The van der Waals surface area contributed by atoms with Crippen LogP contribution in [-0.4, -0.2) is 37.2 Å². The minimum atomic E-state index is -0.792. The molecular formula is C70H114O6. The average molecular weight is 1050 g/mol. The fourth-order valence-electron chi connectivity index (χ4n) is 8.23. The molecule has 0 fully saturated rings. The summed E-state index contributed by atoms with van der Waals surface area (Å²) in [7, 11) is 0. The molecule has 0 N–H and O–H groups in total. The lowest BCUT2D eigenvalue weighted by molar-refractivity contribution is -0.167. The van der Waals surface area contributed by atoms with E-state index in [0.29, 0.717) is 19.3 Å². The van der Waals surface area contributed by atoms with Gasteiger partial charge in [-0.3, -0.25) is 14.4 Å². The van der Waals surface area contributed by atoms with Crippen LogP contribution < -0.4 is 0 Å². The predicted octanol–water partition coefficient (Wildman–Crippen LogP) is 21.4. The Balaban J connectivity index is 4.24. The van der Waals surface area contributed by atoms with E-state index in [0.717, 1.165) is 148 Å². The smallest absolute Gasteiger partial charge is 0.306 e. The average Bonchev–Trinajstić information content (AvgIpc) is 3.42. The van der Waals surface area contributed by atoms with Crippen molar-refractivity contribution in [2.45, 2.75) is 277 Å². The monoisotopic (exact) mass is 1050 g/mol. The molecule has 1 unspecified atom stereocenters. The van der Waals surface area contributed by atoms with Crippen LogP contribution in [-0.2, 0) is 28.6 Å². The molecule has 0 aliphatic rings. The van der Waals surface area contributed by atoms with Crippen LogP contribution in [0, 0.1) is 0 Å². The summed E-state index contributed by atoms with van der Waals surface area (Å²) in [4.78, 5) is 38.1. The molecule has 0 aliphatic carbocycles. The maximum absolute atomic E-state index is 12.8. The number of rotatable bonds is 55. The summed E-state index contributed by atoms with van der Waals surface area (Å²) in [5, 5.41) is 0. The summed E-state index contributed by atoms with van der Waals surface area (Å²) in [6.07, 6.45) is 88.9. The maximum atomic E-state index is 12.8. The van der Waals surface area contributed by atoms with Gasteiger partial charge < -0.3 is 14.2 Å². The van der Waals surface area contributed by atoms with Crippen molar-refractivity contribution in [3.8, 4) is 0 Å². The Morgan fingerprint density at radius 3 is 0.829 bits per heavy atom. The summed E-state index contributed by atoms with van der Waals surface area (Å²) in [5.74, 6) is -0.922. The second kappa shape index (κ2) is 63.1. The van der Waals surface area contributed by atoms with Crippen molar-refractivity contribution >= 4 is 17.9 Å². The van der Waals surface area contributed by atoms with E-state index >= 15 is 0 Å². The topological polar surface area (TPSA) is 78.9 Å². The molecule has 1 atom stereocenters. The standard InChI is InChI=1S/C70H114O6/c1-4-7-10-13-16-19-21-23-25-27-28-29-30-31-32-33-34-35-36-37-38-39-40-41-42-44-45-47-49-51-54-57-60-63-69(72)75-66-67(65-74-68(71)62-59-56-53-18-15-12-9-6-3)76-70(73)64-61-58-55-52-50-48-46-43-26-24-22-20-17-14-11-8-5-2/h7,10,16-17,19-20,23-26,28-29,31-32,34-35,37-38,40-41,44-45,67H,4-6,8-9,11-15,18,21-22,27,30,33,36,39,42-43,46-66H2,1-3H3/b10-7-,19-16-,20-17-,25-23-,26-24-,29-28-,32-31-,35-34-,38-37-,41-40-,45-44-. The summed E-state index contributed by atoms with van der Waals surface area (Å²) < 4.78 is 16.8. The van der Waals surface area contributed by atoms with Crippen molar-refractivity contribution in [3.05, 3.63) is 134 Å². The number of esters is 3. The normalized spacial score (nSPS) is 13.0. The van der Waals surface area contributed by atoms with E-state index in [1.165, 1.54) is 83.5 Å². The zero-order valence-electron chi connectivity index (χ0n) is 49.2. The lowest BCUT2D eigenvalue weighted by Crippen LogP contribution is -2.30. The molecule has 6 heteroatoms. The molecule has 0 saturated carbocycles. The van der Waals surface area contributed by atoms with Crippen molar-refractivity contribution in [2.24, 2.45) is 0 Å². The molecule has 0 aliphatic heterocycles. The third kappa shape index (κ3) is 60.4. The lowest BCUT2D eigenvalue weighted by atomic mass is 10.1. The first kappa shape index (κ1) is 71.5. The van der Waals surface area contributed by atoms with Gasteiger partial charge in [0.15, 0.2) is 6.10 Å². The molecule has 76 heavy (non-hydrogen) atoms. The molecule has 0 aromatic carbocycles. The molecule has 0 amide bonds. The predicted molar refractivity (Wildman–Crippen MR) is 329 cm³/mol. The number of carbonyl (C=O) groups is 3. The van der Waals surface area contributed by atoms with Crippen LogP contribution in [0.4, 0.5) is 0 Å². The fourth-order valence-corrected chi connectivity index (χ4v) is 8.23. The van der Waals surface area contributed by atoms with Crippen molar-refractivity contribution in [2.75, 3.05) is 13.2 Å². The van der Waals surface area contributed by atoms with Gasteiger partial charge in [-0.2, -0.15) is 0 Å². The molecule has 6 nitrogen and oxygen atoms in total. The van der Waals surface area contributed by atoms with Crippen molar-refractivity contribution in [1.29, 1.82) is 0 Å². The highest BCUT2D eigenvalue weighted by Gasteiger charge is 2.19. The van der Waals surface area contributed by atoms with Crippen LogP contribution in [0.15, 0.2) is 134 Å². The molecule has 0 bridgehead atoms. The van der Waals surface area contributed by atoms with E-state index < -0.39 is 6.10 Å². The van der Waals surface area contributed by atoms with Crippen LogP contribution in [0.25, 0.3) is 0 Å². The summed E-state index contributed by atoms with van der Waals surface area (Å²) in [5.41, 5.74) is 0. The number of hydrogen-bond acceptors (Lipinski definition) is 6. The molecule has 0 spiro atoms. The summed E-state index contributed by atoms with van der Waals surface area (Å²) in [6.45, 7) is 6.45. The molecule has 0 aromatic rings. The Bertz CT molecular complexity index is 1630. The molecule has 0 radical (unpaired) electrons. The highest BCUT2D eigenvalue weighted by atomic mass is 16.6.